The molecule has 0 saturated carbocycles. The van der Waals surface area contributed by atoms with E-state index in [4.69, 9.17) is 9.47 Å². The quantitative estimate of drug-likeness (QED) is 0.441. The van der Waals surface area contributed by atoms with E-state index in [1.807, 2.05) is 49.4 Å². The van der Waals surface area contributed by atoms with Gasteiger partial charge in [-0.15, -0.1) is 0 Å². The van der Waals surface area contributed by atoms with E-state index >= 15 is 0 Å². The highest BCUT2D eigenvalue weighted by molar-refractivity contribution is 7.80. The Morgan fingerprint density at radius 2 is 1.74 bits per heavy atom. The van der Waals surface area contributed by atoms with Gasteiger partial charge in [-0.2, -0.15) is 12.6 Å². The van der Waals surface area contributed by atoms with Gasteiger partial charge in [0.1, 0.15) is 11.4 Å². The van der Waals surface area contributed by atoms with E-state index < -0.39 is 0 Å². The Morgan fingerprint density at radius 3 is 2.45 bits per heavy atom. The summed E-state index contributed by atoms with van der Waals surface area (Å²) in [4.78, 5) is 23.2. The summed E-state index contributed by atoms with van der Waals surface area (Å²) in [6, 6.07) is 15.1. The number of rotatable bonds is 9. The van der Waals surface area contributed by atoms with Gasteiger partial charge in [-0.25, -0.2) is 9.97 Å². The second kappa shape index (κ2) is 10.8. The first-order valence-corrected chi connectivity index (χ1v) is 10.8. The molecule has 1 atom stereocenters. The maximum Gasteiger partial charge on any atom is 0.243 e. The molecular weight excluding hydrogens is 410 g/mol. The van der Waals surface area contributed by atoms with Crippen LogP contribution in [0.15, 0.2) is 60.9 Å². The van der Waals surface area contributed by atoms with Crippen LogP contribution in [0.2, 0.25) is 0 Å². The molecular formula is C24H27N3O3S. The number of ether oxygens (including phenoxy) is 2. The van der Waals surface area contributed by atoms with E-state index in [9.17, 15) is 4.79 Å². The molecule has 0 N–H and O–H groups in total. The van der Waals surface area contributed by atoms with Gasteiger partial charge in [0.25, 0.3) is 0 Å². The van der Waals surface area contributed by atoms with Gasteiger partial charge in [0, 0.05) is 35.2 Å². The number of amides is 1. The van der Waals surface area contributed by atoms with Crippen molar-refractivity contribution in [2.45, 2.75) is 38.5 Å². The molecule has 31 heavy (non-hydrogen) atoms. The van der Waals surface area contributed by atoms with Gasteiger partial charge in [0.15, 0.2) is 0 Å². The first-order chi connectivity index (χ1) is 15.1. The Kier molecular flexibility index (Phi) is 7.89. The maximum absolute atomic E-state index is 12.9. The minimum atomic E-state index is -0.0577. The van der Waals surface area contributed by atoms with Crippen molar-refractivity contribution in [2.75, 3.05) is 12.0 Å². The Bertz CT molecular complexity index is 1030. The van der Waals surface area contributed by atoms with Gasteiger partial charge in [-0.3, -0.25) is 4.79 Å². The highest BCUT2D eigenvalue weighted by Crippen LogP contribution is 2.37. The predicted octanol–water partition coefficient (Wildman–Crippen LogP) is 5.60. The average molecular weight is 438 g/mol. The van der Waals surface area contributed by atoms with E-state index in [1.165, 1.54) is 0 Å². The van der Waals surface area contributed by atoms with Crippen molar-refractivity contribution in [1.82, 2.24) is 9.97 Å². The number of hydrogen-bond acceptors (Lipinski definition) is 6. The Morgan fingerprint density at radius 1 is 1.03 bits per heavy atom. The molecule has 3 aromatic rings. The van der Waals surface area contributed by atoms with Gasteiger partial charge in [0.2, 0.25) is 17.7 Å². The zero-order valence-electron chi connectivity index (χ0n) is 18.0. The highest BCUT2D eigenvalue weighted by Gasteiger charge is 2.22. The molecule has 7 heteroatoms. The first-order valence-electron chi connectivity index (χ1n) is 10.3. The number of methoxy groups -OCH3 is 1. The smallest absolute Gasteiger partial charge is 0.243 e. The zero-order chi connectivity index (χ0) is 22.2. The summed E-state index contributed by atoms with van der Waals surface area (Å²) in [5, 5.41) is 0.0383. The number of para-hydroxylation sites is 1. The topological polar surface area (TPSA) is 64.6 Å². The number of pyridine rings is 2. The maximum atomic E-state index is 12.9. The SMILES string of the molecule is CCC(=O)N(Cc1cccnc1OC)c1cccnc1Oc1ccccc1C(S)CC. The second-order valence-corrected chi connectivity index (χ2v) is 7.52. The van der Waals surface area contributed by atoms with Gasteiger partial charge in [0.05, 0.1) is 13.7 Å². The number of aromatic nitrogens is 2. The van der Waals surface area contributed by atoms with Crippen LogP contribution in [0.25, 0.3) is 0 Å². The molecule has 162 valence electrons. The lowest BCUT2D eigenvalue weighted by Crippen LogP contribution is -2.30. The van der Waals surface area contributed by atoms with Crippen molar-refractivity contribution in [3.05, 3.63) is 72.1 Å². The number of hydrogen-bond donors (Lipinski definition) is 1. The fraction of sp³-hybridized carbons (Fsp3) is 0.292. The van der Waals surface area contributed by atoms with Crippen LogP contribution < -0.4 is 14.4 Å². The van der Waals surface area contributed by atoms with Gasteiger partial charge < -0.3 is 14.4 Å². The van der Waals surface area contributed by atoms with Crippen LogP contribution in [0, 0.1) is 0 Å². The van der Waals surface area contributed by atoms with E-state index in [-0.39, 0.29) is 17.7 Å². The molecule has 0 aliphatic carbocycles. The minimum absolute atomic E-state index is 0.0383. The molecule has 6 nitrogen and oxygen atoms in total. The Labute approximate surface area is 188 Å². The lowest BCUT2D eigenvalue weighted by Gasteiger charge is -2.25. The van der Waals surface area contributed by atoms with Crippen molar-refractivity contribution < 1.29 is 14.3 Å². The van der Waals surface area contributed by atoms with Crippen LogP contribution in [0.5, 0.6) is 17.5 Å². The van der Waals surface area contributed by atoms with Crippen LogP contribution in [-0.4, -0.2) is 23.0 Å². The summed E-state index contributed by atoms with van der Waals surface area (Å²) in [6.07, 6.45) is 4.51. The molecule has 0 radical (unpaired) electrons. The molecule has 0 aliphatic rings. The average Bonchev–Trinajstić information content (AvgIpc) is 2.82. The van der Waals surface area contributed by atoms with Gasteiger partial charge in [-0.05, 0) is 30.7 Å². The summed E-state index contributed by atoms with van der Waals surface area (Å²) in [5.74, 6) is 1.45. The number of benzene rings is 1. The molecule has 2 heterocycles. The molecule has 0 spiro atoms. The van der Waals surface area contributed by atoms with Crippen molar-refractivity contribution in [3.8, 4) is 17.5 Å². The number of carbonyl (C=O) groups is 1. The van der Waals surface area contributed by atoms with Gasteiger partial charge >= 0.3 is 0 Å². The Balaban J connectivity index is 2.01. The van der Waals surface area contributed by atoms with Crippen LogP contribution in [0.4, 0.5) is 5.69 Å². The lowest BCUT2D eigenvalue weighted by molar-refractivity contribution is -0.118. The summed E-state index contributed by atoms with van der Waals surface area (Å²) >= 11 is 4.67. The summed E-state index contributed by atoms with van der Waals surface area (Å²) < 4.78 is 11.6. The van der Waals surface area contributed by atoms with Gasteiger partial charge in [-0.1, -0.05) is 38.1 Å². The third-order valence-corrected chi connectivity index (χ3v) is 5.53. The Hall–Kier alpha value is -3.06. The zero-order valence-corrected chi connectivity index (χ0v) is 18.9. The van der Waals surface area contributed by atoms with Crippen LogP contribution >= 0.6 is 12.6 Å². The lowest BCUT2D eigenvalue weighted by atomic mass is 10.1. The molecule has 0 aliphatic heterocycles. The molecule has 0 bridgehead atoms. The fourth-order valence-electron chi connectivity index (χ4n) is 3.24. The molecule has 1 aromatic carbocycles. The summed E-state index contributed by atoms with van der Waals surface area (Å²) in [6.45, 7) is 4.19. The molecule has 0 fully saturated rings. The third kappa shape index (κ3) is 5.35. The summed E-state index contributed by atoms with van der Waals surface area (Å²) in [7, 11) is 1.56. The normalized spacial score (nSPS) is 11.6. The fourth-order valence-corrected chi connectivity index (χ4v) is 3.45. The van der Waals surface area contributed by atoms with Crippen LogP contribution in [-0.2, 0) is 11.3 Å². The number of carbonyl (C=O) groups excluding carboxylic acids is 1. The minimum Gasteiger partial charge on any atom is -0.481 e. The number of anilines is 1. The van der Waals surface area contributed by atoms with Crippen molar-refractivity contribution >= 4 is 24.2 Å². The molecule has 1 amide bonds. The van der Waals surface area contributed by atoms with E-state index in [2.05, 4.69) is 29.5 Å². The third-order valence-electron chi connectivity index (χ3n) is 4.89. The highest BCUT2D eigenvalue weighted by atomic mass is 32.1. The second-order valence-electron chi connectivity index (χ2n) is 6.90. The van der Waals surface area contributed by atoms with E-state index in [0.717, 1.165) is 17.5 Å². The molecule has 0 saturated heterocycles. The molecule has 3 rings (SSSR count). The summed E-state index contributed by atoms with van der Waals surface area (Å²) in [5.41, 5.74) is 2.36. The van der Waals surface area contributed by atoms with Crippen molar-refractivity contribution in [3.63, 3.8) is 0 Å². The molecule has 1 unspecified atom stereocenters. The first kappa shape index (κ1) is 22.6. The largest absolute Gasteiger partial charge is 0.481 e. The van der Waals surface area contributed by atoms with E-state index in [1.54, 1.807) is 30.5 Å². The molecule has 2 aromatic heterocycles. The van der Waals surface area contributed by atoms with E-state index in [0.29, 0.717) is 29.6 Å². The van der Waals surface area contributed by atoms with Crippen LogP contribution in [0.3, 0.4) is 0 Å². The number of nitrogens with zero attached hydrogens (tertiary/aromatic N) is 3. The standard InChI is InChI=1S/C24H27N3O3S/c1-4-21(31)18-11-6-7-13-20(18)30-24-19(12-9-15-26-24)27(22(28)5-2)16-17-10-8-14-25-23(17)29-3/h6-15,21,31H,4-5,16H2,1-3H3. The monoisotopic (exact) mass is 437 g/mol. The van der Waals surface area contributed by atoms with Crippen molar-refractivity contribution in [2.24, 2.45) is 0 Å². The van der Waals surface area contributed by atoms with Crippen molar-refractivity contribution in [1.29, 1.82) is 0 Å². The van der Waals surface area contributed by atoms with Crippen LogP contribution in [0.1, 0.15) is 43.1 Å². The number of thiol groups is 1. The predicted molar refractivity (Wildman–Crippen MR) is 125 cm³/mol.